The first-order valence-electron chi connectivity index (χ1n) is 10.7. The lowest BCUT2D eigenvalue weighted by molar-refractivity contribution is -0.134. The number of rotatable bonds is 12. The lowest BCUT2D eigenvalue weighted by atomic mass is 9.95. The minimum Gasteiger partial charge on any atom is -0.354 e. The van der Waals surface area contributed by atoms with Gasteiger partial charge >= 0.3 is 0 Å². The van der Waals surface area contributed by atoms with Gasteiger partial charge in [0, 0.05) is 12.5 Å². The summed E-state index contributed by atoms with van der Waals surface area (Å²) in [5.41, 5.74) is 0. The average molecular weight is 398 g/mol. The molecule has 0 fully saturated rings. The van der Waals surface area contributed by atoms with E-state index in [-0.39, 0.29) is 41.4 Å². The van der Waals surface area contributed by atoms with Gasteiger partial charge in [0.05, 0.1) is 0 Å². The first-order chi connectivity index (χ1) is 12.8. The molecule has 6 nitrogen and oxygen atoms in total. The summed E-state index contributed by atoms with van der Waals surface area (Å²) in [4.78, 5) is 38.0. The third-order valence-electron chi connectivity index (χ3n) is 4.78. The first kappa shape index (κ1) is 26.4. The maximum absolute atomic E-state index is 12.9. The van der Waals surface area contributed by atoms with Crippen LogP contribution < -0.4 is 16.0 Å². The Hall–Kier alpha value is -1.59. The van der Waals surface area contributed by atoms with Gasteiger partial charge in [-0.2, -0.15) is 0 Å². The Morgan fingerprint density at radius 3 is 1.43 bits per heavy atom. The molecule has 0 radical (unpaired) electrons. The summed E-state index contributed by atoms with van der Waals surface area (Å²) in [5, 5.41) is 8.69. The molecule has 0 aliphatic heterocycles. The van der Waals surface area contributed by atoms with Crippen molar-refractivity contribution in [1.29, 1.82) is 0 Å². The fourth-order valence-electron chi connectivity index (χ4n) is 2.71. The Kier molecular flexibility index (Phi) is 12.1. The SMILES string of the molecule is CC(C)CNC(=O)C(CC(C)C)NC(=O)C(CC(C)C)NC(=O)C(C)C(C)C. The number of carbonyl (C=O) groups is 3. The minimum atomic E-state index is -0.638. The summed E-state index contributed by atoms with van der Waals surface area (Å²) in [6.45, 7) is 18.5. The maximum atomic E-state index is 12.9. The van der Waals surface area contributed by atoms with Crippen LogP contribution in [0.4, 0.5) is 0 Å². The number of carbonyl (C=O) groups excluding carboxylic acids is 3. The van der Waals surface area contributed by atoms with Crippen LogP contribution in [-0.4, -0.2) is 36.3 Å². The predicted molar refractivity (Wildman–Crippen MR) is 115 cm³/mol. The monoisotopic (exact) mass is 397 g/mol. The smallest absolute Gasteiger partial charge is 0.243 e. The van der Waals surface area contributed by atoms with Gasteiger partial charge in [-0.15, -0.1) is 0 Å². The lowest BCUT2D eigenvalue weighted by Gasteiger charge is -2.26. The molecule has 0 aromatic rings. The van der Waals surface area contributed by atoms with Gasteiger partial charge in [-0.25, -0.2) is 0 Å². The summed E-state index contributed by atoms with van der Waals surface area (Å²) < 4.78 is 0. The predicted octanol–water partition coefficient (Wildman–Crippen LogP) is 3.11. The van der Waals surface area contributed by atoms with Crippen molar-refractivity contribution < 1.29 is 14.4 Å². The second-order valence-corrected chi connectivity index (χ2v) is 9.55. The van der Waals surface area contributed by atoms with Crippen LogP contribution in [-0.2, 0) is 14.4 Å². The molecule has 0 saturated heterocycles. The number of nitrogens with one attached hydrogen (secondary N) is 3. The zero-order chi connectivity index (χ0) is 22.0. The average Bonchev–Trinajstić information content (AvgIpc) is 2.56. The van der Waals surface area contributed by atoms with Gasteiger partial charge in [0.1, 0.15) is 12.1 Å². The Bertz CT molecular complexity index is 501. The third-order valence-corrected chi connectivity index (χ3v) is 4.78. The van der Waals surface area contributed by atoms with Crippen molar-refractivity contribution in [2.45, 2.75) is 87.2 Å². The summed E-state index contributed by atoms with van der Waals surface area (Å²) >= 11 is 0. The molecule has 0 aromatic heterocycles. The van der Waals surface area contributed by atoms with Gasteiger partial charge in [-0.3, -0.25) is 14.4 Å². The van der Waals surface area contributed by atoms with Crippen molar-refractivity contribution in [3.63, 3.8) is 0 Å². The second kappa shape index (κ2) is 12.8. The third kappa shape index (κ3) is 10.7. The molecule has 28 heavy (non-hydrogen) atoms. The topological polar surface area (TPSA) is 87.3 Å². The molecule has 3 unspecified atom stereocenters. The van der Waals surface area contributed by atoms with Crippen molar-refractivity contribution in [1.82, 2.24) is 16.0 Å². The largest absolute Gasteiger partial charge is 0.354 e. The molecule has 3 atom stereocenters. The van der Waals surface area contributed by atoms with Crippen LogP contribution in [0, 0.1) is 29.6 Å². The van der Waals surface area contributed by atoms with Crippen molar-refractivity contribution in [2.24, 2.45) is 29.6 Å². The van der Waals surface area contributed by atoms with Gasteiger partial charge in [0.25, 0.3) is 0 Å². The summed E-state index contributed by atoms with van der Waals surface area (Å²) in [6, 6.07) is -1.23. The molecule has 3 amide bonds. The zero-order valence-electron chi connectivity index (χ0n) is 19.4. The van der Waals surface area contributed by atoms with E-state index < -0.39 is 12.1 Å². The second-order valence-electron chi connectivity index (χ2n) is 9.55. The van der Waals surface area contributed by atoms with E-state index >= 15 is 0 Å². The molecular weight excluding hydrogens is 354 g/mol. The minimum absolute atomic E-state index is 0.125. The van der Waals surface area contributed by atoms with Crippen LogP contribution in [0.1, 0.15) is 75.2 Å². The maximum Gasteiger partial charge on any atom is 0.243 e. The highest BCUT2D eigenvalue weighted by atomic mass is 16.2. The fraction of sp³-hybridized carbons (Fsp3) is 0.864. The van der Waals surface area contributed by atoms with Crippen molar-refractivity contribution in [3.05, 3.63) is 0 Å². The molecule has 0 rings (SSSR count). The van der Waals surface area contributed by atoms with Gasteiger partial charge in [-0.05, 0) is 36.5 Å². The quantitative estimate of drug-likeness (QED) is 0.473. The van der Waals surface area contributed by atoms with E-state index in [2.05, 4.69) is 16.0 Å². The summed E-state index contributed by atoms with van der Waals surface area (Å²) in [5.74, 6) is 0.272. The fourth-order valence-corrected chi connectivity index (χ4v) is 2.71. The highest BCUT2D eigenvalue weighted by molar-refractivity contribution is 5.92. The van der Waals surface area contributed by atoms with E-state index in [1.807, 2.05) is 62.3 Å². The van der Waals surface area contributed by atoms with Crippen molar-refractivity contribution >= 4 is 17.7 Å². The molecule has 0 aliphatic rings. The van der Waals surface area contributed by atoms with E-state index in [4.69, 9.17) is 0 Å². The van der Waals surface area contributed by atoms with E-state index in [0.29, 0.717) is 25.3 Å². The first-order valence-corrected chi connectivity index (χ1v) is 10.7. The molecule has 0 heterocycles. The van der Waals surface area contributed by atoms with Gasteiger partial charge in [0.15, 0.2) is 0 Å². The molecule has 0 saturated carbocycles. The van der Waals surface area contributed by atoms with Crippen molar-refractivity contribution in [3.8, 4) is 0 Å². The number of amides is 3. The van der Waals surface area contributed by atoms with Crippen LogP contribution in [0.25, 0.3) is 0 Å². The van der Waals surface area contributed by atoms with E-state index in [1.165, 1.54) is 0 Å². The van der Waals surface area contributed by atoms with Crippen LogP contribution in [0.15, 0.2) is 0 Å². The molecule has 6 heteroatoms. The van der Waals surface area contributed by atoms with Gasteiger partial charge < -0.3 is 16.0 Å². The molecule has 0 bridgehead atoms. The summed E-state index contributed by atoms with van der Waals surface area (Å²) in [7, 11) is 0. The van der Waals surface area contributed by atoms with E-state index in [0.717, 1.165) is 0 Å². The standard InChI is InChI=1S/C22H43N3O3/c1-13(2)10-18(21(27)23-12-15(5)6)25-22(28)19(11-14(3)4)24-20(26)17(9)16(7)8/h13-19H,10-12H2,1-9H3,(H,23,27)(H,24,26)(H,25,28). The number of hydrogen-bond donors (Lipinski definition) is 3. The molecular formula is C22H43N3O3. The lowest BCUT2D eigenvalue weighted by Crippen LogP contribution is -2.55. The Labute approximate surface area is 172 Å². The van der Waals surface area contributed by atoms with E-state index in [9.17, 15) is 14.4 Å². The summed E-state index contributed by atoms with van der Waals surface area (Å²) in [6.07, 6.45) is 1.09. The Morgan fingerprint density at radius 1 is 0.607 bits per heavy atom. The van der Waals surface area contributed by atoms with Gasteiger partial charge in [-0.1, -0.05) is 62.3 Å². The van der Waals surface area contributed by atoms with Gasteiger partial charge in [0.2, 0.25) is 17.7 Å². The Balaban J connectivity index is 5.23. The molecule has 0 aromatic carbocycles. The normalized spacial score (nSPS) is 14.9. The van der Waals surface area contributed by atoms with Crippen LogP contribution in [0.2, 0.25) is 0 Å². The van der Waals surface area contributed by atoms with Crippen LogP contribution >= 0.6 is 0 Å². The zero-order valence-corrected chi connectivity index (χ0v) is 19.4. The molecule has 164 valence electrons. The molecule has 3 N–H and O–H groups in total. The highest BCUT2D eigenvalue weighted by Crippen LogP contribution is 2.13. The Morgan fingerprint density at radius 2 is 1.04 bits per heavy atom. The molecule has 0 aliphatic carbocycles. The van der Waals surface area contributed by atoms with Crippen LogP contribution in [0.5, 0.6) is 0 Å². The van der Waals surface area contributed by atoms with Crippen molar-refractivity contribution in [2.75, 3.05) is 6.54 Å². The van der Waals surface area contributed by atoms with Crippen LogP contribution in [0.3, 0.4) is 0 Å². The molecule has 0 spiro atoms. The van der Waals surface area contributed by atoms with E-state index in [1.54, 1.807) is 0 Å². The highest BCUT2D eigenvalue weighted by Gasteiger charge is 2.29. The number of hydrogen-bond acceptors (Lipinski definition) is 3.